The minimum Gasteiger partial charge on any atom is -0.462 e. The molecule has 4 aliphatic heterocycles. The smallest absolute Gasteiger partial charge is 0.318 e. The van der Waals surface area contributed by atoms with Crippen molar-refractivity contribution in [2.45, 2.75) is 76.7 Å². The molecular formula is C32H43N9O2. The minimum atomic E-state index is 0.00157. The van der Waals surface area contributed by atoms with Crippen LogP contribution in [0.15, 0.2) is 18.3 Å². The Morgan fingerprint density at radius 2 is 2.05 bits per heavy atom. The van der Waals surface area contributed by atoms with Crippen LogP contribution in [-0.2, 0) is 17.7 Å². The molecule has 7 rings (SSSR count). The third kappa shape index (κ3) is 5.64. The van der Waals surface area contributed by atoms with Gasteiger partial charge >= 0.3 is 6.01 Å². The van der Waals surface area contributed by atoms with Gasteiger partial charge in [-0.15, -0.1) is 0 Å². The second-order valence-electron chi connectivity index (χ2n) is 12.5. The summed E-state index contributed by atoms with van der Waals surface area (Å²) in [6, 6.07) is 7.71. The van der Waals surface area contributed by atoms with E-state index in [0.717, 1.165) is 87.4 Å². The van der Waals surface area contributed by atoms with Crippen LogP contribution >= 0.6 is 0 Å². The first-order chi connectivity index (χ1) is 21.1. The van der Waals surface area contributed by atoms with E-state index in [4.69, 9.17) is 24.5 Å². The largest absolute Gasteiger partial charge is 0.462 e. The van der Waals surface area contributed by atoms with Crippen LogP contribution in [0.2, 0.25) is 0 Å². The average Bonchev–Trinajstić information content (AvgIpc) is 3.65. The number of anilines is 2. The predicted octanol–water partition coefficient (Wildman–Crippen LogP) is 3.56. The van der Waals surface area contributed by atoms with Crippen LogP contribution in [0.25, 0.3) is 10.9 Å². The lowest BCUT2D eigenvalue weighted by molar-refractivity contribution is -0.0366. The van der Waals surface area contributed by atoms with Gasteiger partial charge in [-0.05, 0) is 70.7 Å². The van der Waals surface area contributed by atoms with E-state index in [1.54, 1.807) is 0 Å². The van der Waals surface area contributed by atoms with E-state index in [1.165, 1.54) is 29.7 Å². The van der Waals surface area contributed by atoms with Crippen LogP contribution in [0.5, 0.6) is 6.01 Å². The molecule has 3 aromatic rings. The van der Waals surface area contributed by atoms with Crippen LogP contribution in [0.4, 0.5) is 11.5 Å². The quantitative estimate of drug-likeness (QED) is 0.442. The molecule has 6 heterocycles. The molecule has 0 radical (unpaired) electrons. The standard InChI is InChI=1S/C32H43N9O2/c1-22-8-9-28-26(18-35-41(28)29-7-3-4-17-42-29)30(22)39-15-11-25-27(20-39)36-32(43-21-24-6-5-14-38(24)2)37-31(25)40-16-13-34-23(19-40)10-12-33/h8-9,18,23-24,29,34H,3-7,10-11,13-17,19-21H2,1-2H3/t23-,24?,29?/m0/s1. The number of nitrogens with one attached hydrogen (secondary N) is 1. The number of nitriles is 1. The Bertz CT molecular complexity index is 1490. The summed E-state index contributed by atoms with van der Waals surface area (Å²) in [6.45, 7) is 8.67. The van der Waals surface area contributed by atoms with Crippen LogP contribution in [0.3, 0.4) is 0 Å². The lowest BCUT2D eigenvalue weighted by Gasteiger charge is -2.37. The van der Waals surface area contributed by atoms with Gasteiger partial charge in [-0.1, -0.05) is 6.07 Å². The Balaban J connectivity index is 1.21. The molecule has 43 heavy (non-hydrogen) atoms. The zero-order valence-corrected chi connectivity index (χ0v) is 25.5. The molecule has 2 unspecified atom stereocenters. The molecule has 3 atom stereocenters. The maximum atomic E-state index is 9.34. The SMILES string of the molecule is Cc1ccc2c(cnn2C2CCCCO2)c1N1CCc2c(nc(OCC3CCCN3C)nc2N2CCN[C@@H](CC#N)C2)C1. The van der Waals surface area contributed by atoms with Gasteiger partial charge in [0.05, 0.1) is 42.1 Å². The molecule has 0 spiro atoms. The van der Waals surface area contributed by atoms with Crippen molar-refractivity contribution < 1.29 is 9.47 Å². The van der Waals surface area contributed by atoms with Gasteiger partial charge in [0.1, 0.15) is 12.4 Å². The average molecular weight is 586 g/mol. The Morgan fingerprint density at radius 1 is 1.12 bits per heavy atom. The Labute approximate surface area is 253 Å². The van der Waals surface area contributed by atoms with Gasteiger partial charge in [-0.2, -0.15) is 20.3 Å². The molecule has 1 N–H and O–H groups in total. The van der Waals surface area contributed by atoms with Crippen molar-refractivity contribution in [1.29, 1.82) is 5.26 Å². The number of aryl methyl sites for hydroxylation is 1. The number of hydrogen-bond acceptors (Lipinski definition) is 10. The van der Waals surface area contributed by atoms with Gasteiger partial charge in [0.2, 0.25) is 0 Å². The lowest BCUT2D eigenvalue weighted by atomic mass is 10.0. The Kier molecular flexibility index (Phi) is 8.08. The third-order valence-electron chi connectivity index (χ3n) is 9.69. The summed E-state index contributed by atoms with van der Waals surface area (Å²) >= 11 is 0. The molecule has 2 aromatic heterocycles. The van der Waals surface area contributed by atoms with Crippen molar-refractivity contribution in [2.24, 2.45) is 0 Å². The number of likely N-dealkylation sites (N-methyl/N-ethyl adjacent to an activating group) is 1. The third-order valence-corrected chi connectivity index (χ3v) is 9.69. The Morgan fingerprint density at radius 3 is 2.86 bits per heavy atom. The number of ether oxygens (including phenoxy) is 2. The number of nitrogens with zero attached hydrogens (tertiary/aromatic N) is 8. The van der Waals surface area contributed by atoms with Gasteiger partial charge in [0, 0.05) is 55.8 Å². The van der Waals surface area contributed by atoms with Crippen molar-refractivity contribution in [2.75, 3.05) is 62.8 Å². The predicted molar refractivity (Wildman–Crippen MR) is 165 cm³/mol. The molecule has 228 valence electrons. The molecule has 0 amide bonds. The molecule has 11 nitrogen and oxygen atoms in total. The van der Waals surface area contributed by atoms with Crippen LogP contribution < -0.4 is 19.9 Å². The number of hydrogen-bond donors (Lipinski definition) is 1. The monoisotopic (exact) mass is 585 g/mol. The normalized spacial score (nSPS) is 24.7. The van der Waals surface area contributed by atoms with Crippen LogP contribution in [0, 0.1) is 18.3 Å². The number of likely N-dealkylation sites (tertiary alicyclic amines) is 1. The second-order valence-corrected chi connectivity index (χ2v) is 12.5. The summed E-state index contributed by atoms with van der Waals surface area (Å²) in [5, 5.41) is 18.8. The minimum absolute atomic E-state index is 0.00157. The lowest BCUT2D eigenvalue weighted by Crippen LogP contribution is -2.51. The zero-order valence-electron chi connectivity index (χ0n) is 25.5. The van der Waals surface area contributed by atoms with E-state index in [1.807, 2.05) is 6.20 Å². The molecule has 3 fully saturated rings. The van der Waals surface area contributed by atoms with Crippen molar-refractivity contribution in [3.05, 3.63) is 35.2 Å². The fourth-order valence-corrected chi connectivity index (χ4v) is 7.31. The molecule has 0 bridgehead atoms. The van der Waals surface area contributed by atoms with Gasteiger partial charge in [0.15, 0.2) is 6.23 Å². The van der Waals surface area contributed by atoms with Gasteiger partial charge < -0.3 is 29.5 Å². The zero-order chi connectivity index (χ0) is 29.3. The van der Waals surface area contributed by atoms with Gasteiger partial charge in [-0.25, -0.2) is 4.68 Å². The summed E-state index contributed by atoms with van der Waals surface area (Å²) in [5.41, 5.74) is 5.81. The second kappa shape index (κ2) is 12.3. The van der Waals surface area contributed by atoms with Crippen molar-refractivity contribution in [3.8, 4) is 12.1 Å². The maximum Gasteiger partial charge on any atom is 0.318 e. The first kappa shape index (κ1) is 28.3. The van der Waals surface area contributed by atoms with Crippen molar-refractivity contribution in [1.82, 2.24) is 30.0 Å². The van der Waals surface area contributed by atoms with E-state index in [9.17, 15) is 5.26 Å². The van der Waals surface area contributed by atoms with Crippen LogP contribution in [0.1, 0.15) is 61.6 Å². The van der Waals surface area contributed by atoms with E-state index in [-0.39, 0.29) is 12.3 Å². The molecule has 0 saturated carbocycles. The Hall–Kier alpha value is -3.46. The van der Waals surface area contributed by atoms with Gasteiger partial charge in [-0.3, -0.25) is 0 Å². The van der Waals surface area contributed by atoms with E-state index in [2.05, 4.69) is 56.9 Å². The number of piperazine rings is 1. The highest BCUT2D eigenvalue weighted by Gasteiger charge is 2.31. The summed E-state index contributed by atoms with van der Waals surface area (Å²) in [6.07, 6.45) is 8.97. The topological polar surface area (TPSA) is 108 Å². The van der Waals surface area contributed by atoms with Crippen molar-refractivity contribution in [3.63, 3.8) is 0 Å². The van der Waals surface area contributed by atoms with E-state index in [0.29, 0.717) is 31.6 Å². The number of benzene rings is 1. The fraction of sp³-hybridized carbons (Fsp3) is 0.625. The van der Waals surface area contributed by atoms with E-state index >= 15 is 0 Å². The summed E-state index contributed by atoms with van der Waals surface area (Å²) in [4.78, 5) is 17.2. The fourth-order valence-electron chi connectivity index (χ4n) is 7.31. The molecule has 4 aliphatic rings. The summed E-state index contributed by atoms with van der Waals surface area (Å²) < 4.78 is 14.5. The first-order valence-electron chi connectivity index (χ1n) is 16.0. The number of fused-ring (bicyclic) bond motifs is 2. The molecule has 1 aromatic carbocycles. The molecule has 11 heteroatoms. The van der Waals surface area contributed by atoms with Gasteiger partial charge in [0.25, 0.3) is 0 Å². The number of aromatic nitrogens is 4. The summed E-state index contributed by atoms with van der Waals surface area (Å²) in [7, 11) is 2.17. The highest BCUT2D eigenvalue weighted by molar-refractivity contribution is 5.94. The highest BCUT2D eigenvalue weighted by Crippen LogP contribution is 2.37. The molecule has 0 aliphatic carbocycles. The highest BCUT2D eigenvalue weighted by atomic mass is 16.5. The first-order valence-corrected chi connectivity index (χ1v) is 16.0. The number of rotatable bonds is 7. The van der Waals surface area contributed by atoms with Crippen LogP contribution in [-0.4, -0.2) is 89.7 Å². The summed E-state index contributed by atoms with van der Waals surface area (Å²) in [5.74, 6) is 0.973. The molecular weight excluding hydrogens is 542 g/mol. The maximum absolute atomic E-state index is 9.34. The van der Waals surface area contributed by atoms with E-state index < -0.39 is 0 Å². The van der Waals surface area contributed by atoms with Crippen molar-refractivity contribution >= 4 is 22.4 Å². The molecule has 3 saturated heterocycles.